The molecule has 0 N–H and O–H groups in total. The topological polar surface area (TPSA) is 30.7 Å². The number of nitrogens with zero attached hydrogens (tertiary/aromatic N) is 3. The van der Waals surface area contributed by atoms with E-state index in [4.69, 9.17) is 0 Å². The molecule has 0 saturated carbocycles. The van der Waals surface area contributed by atoms with Gasteiger partial charge in [0, 0.05) is 12.7 Å². The summed E-state index contributed by atoms with van der Waals surface area (Å²) in [5.41, 5.74) is 4.22. The van der Waals surface area contributed by atoms with Crippen LogP contribution in [0.15, 0.2) is 12.3 Å². The molecule has 0 amide bonds. The molecule has 0 aliphatic rings. The molecule has 0 aromatic carbocycles. The number of hydrogen-bond donors (Lipinski definition) is 0. The summed E-state index contributed by atoms with van der Waals surface area (Å²) in [5.74, 6) is 0. The van der Waals surface area contributed by atoms with E-state index in [0.29, 0.717) is 0 Å². The Morgan fingerprint density at radius 1 is 1.25 bits per heavy atom. The number of pyridine rings is 1. The van der Waals surface area contributed by atoms with Crippen LogP contribution in [0.3, 0.4) is 0 Å². The van der Waals surface area contributed by atoms with E-state index >= 15 is 0 Å². The molecule has 0 bridgehead atoms. The monoisotopic (exact) mass is 161 g/mol. The first-order chi connectivity index (χ1) is 5.66. The number of aromatic nitrogens is 3. The first kappa shape index (κ1) is 7.28. The first-order valence-corrected chi connectivity index (χ1v) is 3.94. The molecule has 62 valence electrons. The lowest BCUT2D eigenvalue weighted by Crippen LogP contribution is -1.86. The predicted octanol–water partition coefficient (Wildman–Crippen LogP) is 1.59. The largest absolute Gasteiger partial charge is 0.273 e. The van der Waals surface area contributed by atoms with Crippen molar-refractivity contribution in [2.75, 3.05) is 0 Å². The Morgan fingerprint density at radius 3 is 2.75 bits per heavy atom. The molecule has 0 unspecified atom stereocenters. The third-order valence-electron chi connectivity index (χ3n) is 2.05. The average Bonchev–Trinajstić information content (AvgIpc) is 2.30. The second-order valence-corrected chi connectivity index (χ2v) is 3.10. The Labute approximate surface area is 71.0 Å². The molecule has 0 spiro atoms. The summed E-state index contributed by atoms with van der Waals surface area (Å²) >= 11 is 0. The lowest BCUT2D eigenvalue weighted by Gasteiger charge is -1.95. The maximum absolute atomic E-state index is 4.41. The van der Waals surface area contributed by atoms with Gasteiger partial charge >= 0.3 is 0 Å². The third kappa shape index (κ3) is 0.978. The van der Waals surface area contributed by atoms with E-state index in [9.17, 15) is 0 Å². The van der Waals surface area contributed by atoms with Crippen LogP contribution in [0.4, 0.5) is 0 Å². The second-order valence-electron chi connectivity index (χ2n) is 3.10. The van der Waals surface area contributed by atoms with Crippen molar-refractivity contribution in [2.45, 2.75) is 13.8 Å². The van der Waals surface area contributed by atoms with Crippen LogP contribution in [-0.4, -0.2) is 14.8 Å². The Morgan fingerprint density at radius 2 is 2.00 bits per heavy atom. The van der Waals surface area contributed by atoms with E-state index in [2.05, 4.69) is 23.1 Å². The molecule has 0 aliphatic carbocycles. The predicted molar refractivity (Wildman–Crippen MR) is 48.0 cm³/mol. The Kier molecular flexibility index (Phi) is 1.40. The molecule has 0 aliphatic heterocycles. The Balaban J connectivity index is 2.83. The van der Waals surface area contributed by atoms with E-state index in [-0.39, 0.29) is 0 Å². The highest BCUT2D eigenvalue weighted by Gasteiger charge is 2.01. The van der Waals surface area contributed by atoms with Gasteiger partial charge in [0.05, 0.1) is 6.20 Å². The molecule has 2 aromatic rings. The van der Waals surface area contributed by atoms with E-state index in [1.54, 1.807) is 4.68 Å². The third-order valence-corrected chi connectivity index (χ3v) is 2.05. The van der Waals surface area contributed by atoms with Crippen LogP contribution in [0.5, 0.6) is 0 Å². The number of fused-ring (bicyclic) bond motifs is 1. The fourth-order valence-electron chi connectivity index (χ4n) is 1.26. The van der Waals surface area contributed by atoms with Crippen LogP contribution in [0, 0.1) is 13.8 Å². The molecule has 2 rings (SSSR count). The molecule has 12 heavy (non-hydrogen) atoms. The first-order valence-electron chi connectivity index (χ1n) is 3.94. The molecule has 0 atom stereocenters. The lowest BCUT2D eigenvalue weighted by atomic mass is 10.2. The minimum atomic E-state index is 0.973. The van der Waals surface area contributed by atoms with Crippen LogP contribution < -0.4 is 0 Å². The zero-order chi connectivity index (χ0) is 8.72. The van der Waals surface area contributed by atoms with Gasteiger partial charge < -0.3 is 0 Å². The highest BCUT2D eigenvalue weighted by Crippen LogP contribution is 2.13. The van der Waals surface area contributed by atoms with Gasteiger partial charge in [-0.3, -0.25) is 4.68 Å². The summed E-state index contributed by atoms with van der Waals surface area (Å²) in [5, 5.41) is 4.27. The quantitative estimate of drug-likeness (QED) is 0.587. The van der Waals surface area contributed by atoms with E-state index in [1.807, 2.05) is 20.2 Å². The van der Waals surface area contributed by atoms with Gasteiger partial charge in [0.25, 0.3) is 0 Å². The maximum Gasteiger partial charge on any atom is 0.111 e. The van der Waals surface area contributed by atoms with E-state index in [0.717, 1.165) is 16.7 Å². The minimum Gasteiger partial charge on any atom is -0.273 e. The van der Waals surface area contributed by atoms with Gasteiger partial charge in [-0.05, 0) is 25.5 Å². The average molecular weight is 161 g/mol. The molecule has 2 heterocycles. The standard InChI is InChI=1S/C9H11N3/c1-6-4-8-9(10-7(6)2)5-12(3)11-8/h4-5H,1-3H3. The maximum atomic E-state index is 4.41. The van der Waals surface area contributed by atoms with Gasteiger partial charge in [-0.25, -0.2) is 4.98 Å². The summed E-state index contributed by atoms with van der Waals surface area (Å²) in [6.45, 7) is 4.07. The fraction of sp³-hybridized carbons (Fsp3) is 0.333. The van der Waals surface area contributed by atoms with E-state index in [1.165, 1.54) is 5.56 Å². The van der Waals surface area contributed by atoms with Crippen LogP contribution in [0.1, 0.15) is 11.3 Å². The molecular formula is C9H11N3. The number of aryl methyl sites for hydroxylation is 3. The van der Waals surface area contributed by atoms with Crippen molar-refractivity contribution in [3.63, 3.8) is 0 Å². The van der Waals surface area contributed by atoms with Crippen molar-refractivity contribution in [3.05, 3.63) is 23.5 Å². The van der Waals surface area contributed by atoms with Crippen LogP contribution in [0.2, 0.25) is 0 Å². The van der Waals surface area contributed by atoms with E-state index < -0.39 is 0 Å². The van der Waals surface area contributed by atoms with Crippen molar-refractivity contribution in [1.82, 2.24) is 14.8 Å². The van der Waals surface area contributed by atoms with Gasteiger partial charge in [0.2, 0.25) is 0 Å². The second kappa shape index (κ2) is 2.30. The molecule has 3 heteroatoms. The normalized spacial score (nSPS) is 10.9. The van der Waals surface area contributed by atoms with Crippen LogP contribution in [-0.2, 0) is 7.05 Å². The van der Waals surface area contributed by atoms with Crippen molar-refractivity contribution < 1.29 is 0 Å². The highest BCUT2D eigenvalue weighted by atomic mass is 15.3. The highest BCUT2D eigenvalue weighted by molar-refractivity contribution is 5.74. The summed E-state index contributed by atoms with van der Waals surface area (Å²) in [6, 6.07) is 2.07. The summed E-state index contributed by atoms with van der Waals surface area (Å²) in [6.07, 6.45) is 1.93. The summed E-state index contributed by atoms with van der Waals surface area (Å²) in [7, 11) is 1.91. The van der Waals surface area contributed by atoms with Crippen molar-refractivity contribution >= 4 is 11.0 Å². The van der Waals surface area contributed by atoms with Gasteiger partial charge in [-0.1, -0.05) is 0 Å². The van der Waals surface area contributed by atoms with Crippen LogP contribution in [0.25, 0.3) is 11.0 Å². The number of hydrogen-bond acceptors (Lipinski definition) is 2. The molecule has 0 radical (unpaired) electrons. The number of rotatable bonds is 0. The van der Waals surface area contributed by atoms with Crippen LogP contribution >= 0.6 is 0 Å². The Hall–Kier alpha value is -1.38. The molecule has 0 fully saturated rings. The van der Waals surface area contributed by atoms with Crippen molar-refractivity contribution in [2.24, 2.45) is 7.05 Å². The summed E-state index contributed by atoms with van der Waals surface area (Å²) < 4.78 is 1.79. The Bertz CT molecular complexity index is 390. The van der Waals surface area contributed by atoms with Crippen molar-refractivity contribution in [1.29, 1.82) is 0 Å². The van der Waals surface area contributed by atoms with Gasteiger partial charge in [0.1, 0.15) is 11.0 Å². The van der Waals surface area contributed by atoms with Gasteiger partial charge in [-0.2, -0.15) is 5.10 Å². The fourth-order valence-corrected chi connectivity index (χ4v) is 1.26. The van der Waals surface area contributed by atoms with Gasteiger partial charge in [0.15, 0.2) is 0 Å². The molecule has 2 aromatic heterocycles. The SMILES string of the molecule is Cc1cc2nn(C)cc2nc1C. The smallest absolute Gasteiger partial charge is 0.111 e. The molecule has 0 saturated heterocycles. The lowest BCUT2D eigenvalue weighted by molar-refractivity contribution is 0.779. The molecule has 3 nitrogen and oxygen atoms in total. The van der Waals surface area contributed by atoms with Crippen molar-refractivity contribution in [3.8, 4) is 0 Å². The van der Waals surface area contributed by atoms with Gasteiger partial charge in [-0.15, -0.1) is 0 Å². The zero-order valence-corrected chi connectivity index (χ0v) is 7.50. The summed E-state index contributed by atoms with van der Waals surface area (Å²) in [4.78, 5) is 4.41. The zero-order valence-electron chi connectivity index (χ0n) is 7.50. The molecular weight excluding hydrogens is 150 g/mol. The minimum absolute atomic E-state index is 0.973.